The molecule has 10 heteroatoms. The minimum Gasteiger partial charge on any atom is -0.487 e. The third-order valence-electron chi connectivity index (χ3n) is 6.48. The summed E-state index contributed by atoms with van der Waals surface area (Å²) in [5.41, 5.74) is 2.61. The van der Waals surface area contributed by atoms with Gasteiger partial charge in [0.05, 0.1) is 11.2 Å². The maximum absolute atomic E-state index is 11.2. The predicted molar refractivity (Wildman–Crippen MR) is 135 cm³/mol. The Labute approximate surface area is 214 Å². The quantitative estimate of drug-likeness (QED) is 0.201. The number of aromatic nitrogens is 1. The summed E-state index contributed by atoms with van der Waals surface area (Å²) in [5, 5.41) is 24.2. The maximum atomic E-state index is 11.2. The lowest BCUT2D eigenvalue weighted by Crippen LogP contribution is -2.21. The first-order valence-corrected chi connectivity index (χ1v) is 12.2. The molecule has 0 amide bonds. The molecule has 0 aliphatic heterocycles. The molecule has 3 aromatic rings. The number of carbonyl (C=O) groups is 1. The van der Waals surface area contributed by atoms with Crippen molar-refractivity contribution in [2.24, 2.45) is 11.1 Å². The number of hydrogen-bond donors (Lipinski definition) is 1. The number of carboxylic acids is 1. The van der Waals surface area contributed by atoms with Gasteiger partial charge in [-0.05, 0) is 49.6 Å². The monoisotopic (exact) mass is 507 g/mol. The van der Waals surface area contributed by atoms with Crippen LogP contribution in [0, 0.1) is 16.0 Å². The van der Waals surface area contributed by atoms with Crippen molar-refractivity contribution in [2.45, 2.75) is 58.3 Å². The molecule has 1 saturated carbocycles. The second-order valence-corrected chi connectivity index (χ2v) is 9.05. The highest BCUT2D eigenvalue weighted by Gasteiger charge is 2.30. The topological polar surface area (TPSA) is 133 Å². The molecule has 37 heavy (non-hydrogen) atoms. The molecule has 0 spiro atoms. The van der Waals surface area contributed by atoms with Crippen molar-refractivity contribution in [3.8, 4) is 5.75 Å². The Kier molecular flexibility index (Phi) is 8.50. The average Bonchev–Trinajstić information content (AvgIpc) is 2.91. The van der Waals surface area contributed by atoms with Crippen molar-refractivity contribution >= 4 is 22.6 Å². The van der Waals surface area contributed by atoms with Crippen LogP contribution in [0.3, 0.4) is 0 Å². The zero-order valence-electron chi connectivity index (χ0n) is 20.5. The molecular formula is C27H29N3O7. The van der Waals surface area contributed by atoms with Gasteiger partial charge in [0, 0.05) is 16.9 Å². The Morgan fingerprint density at radius 2 is 1.92 bits per heavy atom. The SMILES string of the molecule is C/C(=N/OC(c1ccc(OCc2ccc3ccccc3n2)cc1CO[N+](=O)[O-])C1CCCCC1)C(=O)O. The van der Waals surface area contributed by atoms with E-state index in [-0.39, 0.29) is 24.8 Å². The van der Waals surface area contributed by atoms with Gasteiger partial charge >= 0.3 is 5.97 Å². The summed E-state index contributed by atoms with van der Waals surface area (Å²) in [6.07, 6.45) is 4.35. The number of benzene rings is 2. The molecule has 4 rings (SSSR count). The average molecular weight is 508 g/mol. The van der Waals surface area contributed by atoms with Crippen LogP contribution in [-0.2, 0) is 27.7 Å². The molecule has 1 atom stereocenters. The van der Waals surface area contributed by atoms with Gasteiger partial charge in [0.1, 0.15) is 19.0 Å². The number of oxime groups is 1. The molecule has 1 heterocycles. The second kappa shape index (κ2) is 12.2. The molecular weight excluding hydrogens is 478 g/mol. The summed E-state index contributed by atoms with van der Waals surface area (Å²) >= 11 is 0. The fourth-order valence-corrected chi connectivity index (χ4v) is 4.55. The summed E-state index contributed by atoms with van der Waals surface area (Å²) in [6.45, 7) is 1.26. The van der Waals surface area contributed by atoms with Crippen molar-refractivity contribution in [3.63, 3.8) is 0 Å². The zero-order valence-corrected chi connectivity index (χ0v) is 20.5. The number of pyridine rings is 1. The largest absolute Gasteiger partial charge is 0.487 e. The van der Waals surface area contributed by atoms with E-state index in [1.165, 1.54) is 6.92 Å². The molecule has 194 valence electrons. The van der Waals surface area contributed by atoms with Crippen LogP contribution in [0.5, 0.6) is 5.75 Å². The lowest BCUT2D eigenvalue weighted by Gasteiger charge is -2.30. The number of nitrogens with zero attached hydrogens (tertiary/aromatic N) is 3. The third-order valence-corrected chi connectivity index (χ3v) is 6.48. The minimum absolute atomic E-state index is 0.0852. The van der Waals surface area contributed by atoms with E-state index >= 15 is 0 Å². The molecule has 1 aliphatic carbocycles. The Morgan fingerprint density at radius 1 is 1.14 bits per heavy atom. The normalized spacial score (nSPS) is 15.2. The lowest BCUT2D eigenvalue weighted by atomic mass is 9.81. The lowest BCUT2D eigenvalue weighted by molar-refractivity contribution is -0.763. The van der Waals surface area contributed by atoms with Gasteiger partial charge in [-0.3, -0.25) is 0 Å². The minimum atomic E-state index is -1.18. The molecule has 10 nitrogen and oxygen atoms in total. The summed E-state index contributed by atoms with van der Waals surface area (Å²) in [6, 6.07) is 16.9. The summed E-state index contributed by atoms with van der Waals surface area (Å²) in [4.78, 5) is 37.3. The first-order valence-electron chi connectivity index (χ1n) is 12.2. The molecule has 0 saturated heterocycles. The van der Waals surface area contributed by atoms with Crippen molar-refractivity contribution in [3.05, 3.63) is 81.5 Å². The van der Waals surface area contributed by atoms with E-state index in [0.717, 1.165) is 48.7 Å². The van der Waals surface area contributed by atoms with Crippen LogP contribution in [0.1, 0.15) is 62.0 Å². The highest BCUT2D eigenvalue weighted by atomic mass is 16.9. The standard InChI is InChI=1S/C27H29N3O7/c1-18(27(31)32)29-37-26(20-8-3-2-4-9-20)24-14-13-23(15-21(24)16-36-30(33)34)35-17-22-12-11-19-7-5-6-10-25(19)28-22/h5-7,10-15,20,26H,2-4,8-9,16-17H2,1H3,(H,31,32)/b29-18-. The Hall–Kier alpha value is -4.21. The van der Waals surface area contributed by atoms with Crippen molar-refractivity contribution in [2.75, 3.05) is 0 Å². The van der Waals surface area contributed by atoms with Crippen LogP contribution in [-0.4, -0.2) is 26.9 Å². The van der Waals surface area contributed by atoms with Crippen molar-refractivity contribution in [1.29, 1.82) is 0 Å². The number of para-hydroxylation sites is 1. The maximum Gasteiger partial charge on any atom is 0.353 e. The van der Waals surface area contributed by atoms with Gasteiger partial charge in [0.25, 0.3) is 5.09 Å². The Morgan fingerprint density at radius 3 is 2.68 bits per heavy atom. The smallest absolute Gasteiger partial charge is 0.353 e. The van der Waals surface area contributed by atoms with Crippen LogP contribution in [0.15, 0.2) is 59.8 Å². The molecule has 1 unspecified atom stereocenters. The van der Waals surface area contributed by atoms with Gasteiger partial charge < -0.3 is 19.5 Å². The Balaban J connectivity index is 1.60. The fourth-order valence-electron chi connectivity index (χ4n) is 4.55. The predicted octanol–water partition coefficient (Wildman–Crippen LogP) is 5.62. The zero-order chi connectivity index (χ0) is 26.2. The van der Waals surface area contributed by atoms with Gasteiger partial charge in [-0.25, -0.2) is 9.78 Å². The van der Waals surface area contributed by atoms with E-state index in [9.17, 15) is 20.0 Å². The fraction of sp³-hybridized carbons (Fsp3) is 0.370. The van der Waals surface area contributed by atoms with Crippen LogP contribution in [0.2, 0.25) is 0 Å². The summed E-state index contributed by atoms with van der Waals surface area (Å²) < 4.78 is 5.96. The summed E-state index contributed by atoms with van der Waals surface area (Å²) in [7, 11) is 0. The number of rotatable bonds is 11. The van der Waals surface area contributed by atoms with E-state index in [1.54, 1.807) is 18.2 Å². The van der Waals surface area contributed by atoms with E-state index < -0.39 is 17.2 Å². The van der Waals surface area contributed by atoms with E-state index in [4.69, 9.17) is 14.4 Å². The molecule has 1 fully saturated rings. The van der Waals surface area contributed by atoms with Crippen LogP contribution in [0.4, 0.5) is 0 Å². The Bertz CT molecular complexity index is 1290. The number of fused-ring (bicyclic) bond motifs is 1. The van der Waals surface area contributed by atoms with Gasteiger partial charge in [-0.15, -0.1) is 10.1 Å². The van der Waals surface area contributed by atoms with Crippen molar-refractivity contribution in [1.82, 2.24) is 4.98 Å². The molecule has 2 aromatic carbocycles. The molecule has 0 bridgehead atoms. The first kappa shape index (κ1) is 25.9. The molecule has 1 aromatic heterocycles. The number of hydrogen-bond acceptors (Lipinski definition) is 8. The molecule has 1 aliphatic rings. The van der Waals surface area contributed by atoms with Crippen LogP contribution >= 0.6 is 0 Å². The van der Waals surface area contributed by atoms with Gasteiger partial charge in [0.2, 0.25) is 0 Å². The number of aliphatic carboxylic acids is 1. The highest BCUT2D eigenvalue weighted by Crippen LogP contribution is 2.39. The van der Waals surface area contributed by atoms with E-state index in [2.05, 4.69) is 10.1 Å². The third kappa shape index (κ3) is 6.93. The van der Waals surface area contributed by atoms with E-state index in [1.807, 2.05) is 36.4 Å². The molecule has 1 N–H and O–H groups in total. The van der Waals surface area contributed by atoms with E-state index in [0.29, 0.717) is 16.9 Å². The van der Waals surface area contributed by atoms with Crippen LogP contribution in [0.25, 0.3) is 10.9 Å². The summed E-state index contributed by atoms with van der Waals surface area (Å²) in [5.74, 6) is -0.597. The highest BCUT2D eigenvalue weighted by molar-refractivity contribution is 6.34. The van der Waals surface area contributed by atoms with Crippen LogP contribution < -0.4 is 4.74 Å². The van der Waals surface area contributed by atoms with Crippen molar-refractivity contribution < 1.29 is 29.4 Å². The van der Waals surface area contributed by atoms with Gasteiger partial charge in [0.15, 0.2) is 11.8 Å². The van der Waals surface area contributed by atoms with Gasteiger partial charge in [-0.2, -0.15) is 0 Å². The number of ether oxygens (including phenoxy) is 1. The number of carboxylic acid groups (broad SMARTS) is 1. The second-order valence-electron chi connectivity index (χ2n) is 9.05. The first-order chi connectivity index (χ1) is 17.9. The molecule has 0 radical (unpaired) electrons. The van der Waals surface area contributed by atoms with Gasteiger partial charge in [-0.1, -0.05) is 54.8 Å².